The van der Waals surface area contributed by atoms with E-state index in [9.17, 15) is 4.79 Å². The van der Waals surface area contributed by atoms with Crippen LogP contribution in [0.3, 0.4) is 0 Å². The third-order valence-electron chi connectivity index (χ3n) is 3.35. The molecule has 0 bridgehead atoms. The average Bonchev–Trinajstić information content (AvgIpc) is 3.22. The standard InChI is InChI=1S/C14H16N4O2/c15-8-11(9-4-2-1-3-5-9)12(19)16-14-18-17-13(20-14)10-6-7-10/h1-5,10-11H,6-8,15H2,(H,16,18,19). The Hall–Kier alpha value is -2.21. The molecule has 20 heavy (non-hydrogen) atoms. The Morgan fingerprint density at radius 1 is 1.35 bits per heavy atom. The first-order valence-electron chi connectivity index (χ1n) is 6.67. The minimum Gasteiger partial charge on any atom is -0.408 e. The number of amides is 1. The zero-order valence-corrected chi connectivity index (χ0v) is 11.0. The van der Waals surface area contributed by atoms with Gasteiger partial charge in [-0.25, -0.2) is 0 Å². The van der Waals surface area contributed by atoms with E-state index in [1.165, 1.54) is 0 Å². The van der Waals surface area contributed by atoms with Gasteiger partial charge in [0.05, 0.1) is 5.92 Å². The van der Waals surface area contributed by atoms with Crippen molar-refractivity contribution >= 4 is 11.9 Å². The van der Waals surface area contributed by atoms with Crippen LogP contribution < -0.4 is 11.1 Å². The molecule has 1 aromatic heterocycles. The topological polar surface area (TPSA) is 94.0 Å². The molecule has 1 fully saturated rings. The number of nitrogens with two attached hydrogens (primary N) is 1. The number of hydrogen-bond acceptors (Lipinski definition) is 5. The minimum atomic E-state index is -0.424. The molecule has 6 nitrogen and oxygen atoms in total. The van der Waals surface area contributed by atoms with Crippen molar-refractivity contribution in [1.82, 2.24) is 10.2 Å². The Morgan fingerprint density at radius 2 is 2.10 bits per heavy atom. The predicted molar refractivity (Wildman–Crippen MR) is 73.1 cm³/mol. The van der Waals surface area contributed by atoms with Gasteiger partial charge in [0.15, 0.2) is 0 Å². The van der Waals surface area contributed by atoms with E-state index in [-0.39, 0.29) is 18.5 Å². The molecule has 1 amide bonds. The molecule has 3 N–H and O–H groups in total. The monoisotopic (exact) mass is 272 g/mol. The molecule has 0 radical (unpaired) electrons. The quantitative estimate of drug-likeness (QED) is 0.862. The van der Waals surface area contributed by atoms with Crippen LogP contribution in [0.1, 0.15) is 36.1 Å². The van der Waals surface area contributed by atoms with Gasteiger partial charge >= 0.3 is 6.01 Å². The zero-order chi connectivity index (χ0) is 13.9. The lowest BCUT2D eigenvalue weighted by Crippen LogP contribution is -2.27. The summed E-state index contributed by atoms with van der Waals surface area (Å²) in [7, 11) is 0. The lowest BCUT2D eigenvalue weighted by atomic mass is 9.98. The van der Waals surface area contributed by atoms with Gasteiger partial charge < -0.3 is 10.2 Å². The van der Waals surface area contributed by atoms with Gasteiger partial charge in [0, 0.05) is 12.5 Å². The Morgan fingerprint density at radius 3 is 2.75 bits per heavy atom. The van der Waals surface area contributed by atoms with Crippen LogP contribution in [0.25, 0.3) is 0 Å². The molecular formula is C14H16N4O2. The SMILES string of the molecule is NCC(C(=O)Nc1nnc(C2CC2)o1)c1ccccc1. The van der Waals surface area contributed by atoms with Crippen LogP contribution in [0.2, 0.25) is 0 Å². The Balaban J connectivity index is 1.70. The summed E-state index contributed by atoms with van der Waals surface area (Å²) in [5, 5.41) is 10.4. The lowest BCUT2D eigenvalue weighted by molar-refractivity contribution is -0.117. The van der Waals surface area contributed by atoms with Gasteiger partial charge in [-0.2, -0.15) is 0 Å². The van der Waals surface area contributed by atoms with Crippen LogP contribution in [-0.2, 0) is 4.79 Å². The molecule has 0 aliphatic heterocycles. The van der Waals surface area contributed by atoms with E-state index >= 15 is 0 Å². The number of nitrogens with zero attached hydrogens (tertiary/aromatic N) is 2. The van der Waals surface area contributed by atoms with E-state index in [0.717, 1.165) is 18.4 Å². The Labute approximate surface area is 116 Å². The predicted octanol–water partition coefficient (Wildman–Crippen LogP) is 1.63. The highest BCUT2D eigenvalue weighted by molar-refractivity contribution is 5.94. The fraction of sp³-hybridized carbons (Fsp3) is 0.357. The van der Waals surface area contributed by atoms with Crippen molar-refractivity contribution in [2.24, 2.45) is 5.73 Å². The maximum atomic E-state index is 12.2. The Bertz CT molecular complexity index is 592. The third-order valence-corrected chi connectivity index (χ3v) is 3.35. The van der Waals surface area contributed by atoms with Crippen molar-refractivity contribution in [1.29, 1.82) is 0 Å². The number of anilines is 1. The summed E-state index contributed by atoms with van der Waals surface area (Å²) in [6.45, 7) is 0.222. The van der Waals surface area contributed by atoms with Crippen LogP contribution in [0.4, 0.5) is 6.01 Å². The summed E-state index contributed by atoms with van der Waals surface area (Å²) < 4.78 is 5.41. The van der Waals surface area contributed by atoms with Crippen LogP contribution in [-0.4, -0.2) is 22.6 Å². The first-order valence-corrected chi connectivity index (χ1v) is 6.67. The number of nitrogens with one attached hydrogen (secondary N) is 1. The second-order valence-electron chi connectivity index (χ2n) is 4.91. The highest BCUT2D eigenvalue weighted by Gasteiger charge is 2.30. The van der Waals surface area contributed by atoms with E-state index in [2.05, 4.69) is 15.5 Å². The molecule has 1 unspecified atom stereocenters. The molecule has 1 saturated carbocycles. The summed E-state index contributed by atoms with van der Waals surface area (Å²) in [6.07, 6.45) is 2.15. The lowest BCUT2D eigenvalue weighted by Gasteiger charge is -2.13. The number of carbonyl (C=O) groups is 1. The number of aromatic nitrogens is 2. The molecular weight excluding hydrogens is 256 g/mol. The maximum absolute atomic E-state index is 12.2. The molecule has 1 aliphatic carbocycles. The minimum absolute atomic E-state index is 0.145. The molecule has 0 spiro atoms. The highest BCUT2D eigenvalue weighted by atomic mass is 16.4. The first kappa shape index (κ1) is 12.8. The largest absolute Gasteiger partial charge is 0.408 e. The molecule has 1 heterocycles. The molecule has 1 atom stereocenters. The fourth-order valence-electron chi connectivity index (χ4n) is 2.05. The smallest absolute Gasteiger partial charge is 0.322 e. The Kier molecular flexibility index (Phi) is 3.47. The van der Waals surface area contributed by atoms with Gasteiger partial charge in [-0.15, -0.1) is 5.10 Å². The van der Waals surface area contributed by atoms with E-state index in [1.54, 1.807) is 0 Å². The highest BCUT2D eigenvalue weighted by Crippen LogP contribution is 2.39. The van der Waals surface area contributed by atoms with Crippen LogP contribution in [0, 0.1) is 0 Å². The van der Waals surface area contributed by atoms with Gasteiger partial charge in [-0.1, -0.05) is 35.4 Å². The van der Waals surface area contributed by atoms with Gasteiger partial charge in [-0.05, 0) is 18.4 Å². The van der Waals surface area contributed by atoms with Gasteiger partial charge in [0.25, 0.3) is 0 Å². The van der Waals surface area contributed by atoms with Crippen molar-refractivity contribution < 1.29 is 9.21 Å². The van der Waals surface area contributed by atoms with Gasteiger partial charge in [0.1, 0.15) is 0 Å². The summed E-state index contributed by atoms with van der Waals surface area (Å²) >= 11 is 0. The summed E-state index contributed by atoms with van der Waals surface area (Å²) in [5.74, 6) is 0.314. The first-order chi connectivity index (χ1) is 9.78. The summed E-state index contributed by atoms with van der Waals surface area (Å²) in [5.41, 5.74) is 6.57. The van der Waals surface area contributed by atoms with E-state index < -0.39 is 5.92 Å². The number of benzene rings is 1. The fourth-order valence-corrected chi connectivity index (χ4v) is 2.05. The van der Waals surface area contributed by atoms with E-state index in [4.69, 9.17) is 10.2 Å². The van der Waals surface area contributed by atoms with Crippen molar-refractivity contribution in [3.05, 3.63) is 41.8 Å². The van der Waals surface area contributed by atoms with Crippen LogP contribution >= 0.6 is 0 Å². The third kappa shape index (κ3) is 2.70. The maximum Gasteiger partial charge on any atom is 0.322 e. The van der Waals surface area contributed by atoms with Crippen molar-refractivity contribution in [3.8, 4) is 0 Å². The van der Waals surface area contributed by atoms with Gasteiger partial charge in [0.2, 0.25) is 11.8 Å². The average molecular weight is 272 g/mol. The molecule has 6 heteroatoms. The molecule has 3 rings (SSSR count). The van der Waals surface area contributed by atoms with E-state index in [0.29, 0.717) is 11.8 Å². The second-order valence-corrected chi connectivity index (χ2v) is 4.91. The van der Waals surface area contributed by atoms with Gasteiger partial charge in [-0.3, -0.25) is 10.1 Å². The van der Waals surface area contributed by atoms with Crippen molar-refractivity contribution in [2.75, 3.05) is 11.9 Å². The molecule has 104 valence electrons. The molecule has 1 aliphatic rings. The summed E-state index contributed by atoms with van der Waals surface area (Å²) in [6, 6.07) is 9.55. The van der Waals surface area contributed by atoms with E-state index in [1.807, 2.05) is 30.3 Å². The van der Waals surface area contributed by atoms with Crippen LogP contribution in [0.15, 0.2) is 34.7 Å². The number of carbonyl (C=O) groups excluding carboxylic acids is 1. The number of hydrogen-bond donors (Lipinski definition) is 2. The molecule has 2 aromatic rings. The van der Waals surface area contributed by atoms with Crippen molar-refractivity contribution in [2.45, 2.75) is 24.7 Å². The second kappa shape index (κ2) is 5.42. The van der Waals surface area contributed by atoms with Crippen molar-refractivity contribution in [3.63, 3.8) is 0 Å². The normalized spacial score (nSPS) is 15.8. The number of rotatable bonds is 5. The summed E-state index contributed by atoms with van der Waals surface area (Å²) in [4.78, 5) is 12.2. The molecule has 0 saturated heterocycles. The molecule has 1 aromatic carbocycles. The zero-order valence-electron chi connectivity index (χ0n) is 11.0. The van der Waals surface area contributed by atoms with Crippen LogP contribution in [0.5, 0.6) is 0 Å².